The van der Waals surface area contributed by atoms with Gasteiger partial charge in [0.1, 0.15) is 0 Å². The van der Waals surface area contributed by atoms with Crippen LogP contribution in [0.3, 0.4) is 0 Å². The van der Waals surface area contributed by atoms with Gasteiger partial charge in [0.15, 0.2) is 0 Å². The Bertz CT molecular complexity index is 2720. The fourth-order valence-corrected chi connectivity index (χ4v) is 8.60. The van der Waals surface area contributed by atoms with Gasteiger partial charge in [-0.3, -0.25) is 0 Å². The van der Waals surface area contributed by atoms with E-state index in [4.69, 9.17) is 0 Å². The molecule has 2 heterocycles. The molecule has 3 nitrogen and oxygen atoms in total. The summed E-state index contributed by atoms with van der Waals surface area (Å²) >= 11 is 0. The van der Waals surface area contributed by atoms with Crippen molar-refractivity contribution < 1.29 is 0 Å². The first kappa shape index (κ1) is 28.9. The number of para-hydroxylation sites is 4. The Labute approximate surface area is 301 Å². The van der Waals surface area contributed by atoms with Crippen molar-refractivity contribution in [3.05, 3.63) is 199 Å². The number of fused-ring (bicyclic) bond motifs is 9. The summed E-state index contributed by atoms with van der Waals surface area (Å²) < 4.78 is 4.76. The van der Waals surface area contributed by atoms with Crippen LogP contribution in [-0.2, 0) is 6.42 Å². The number of nitrogens with zero attached hydrogens (tertiary/aromatic N) is 3. The van der Waals surface area contributed by atoms with Gasteiger partial charge in [0.05, 0.1) is 22.1 Å². The largest absolute Gasteiger partial charge is 0.310 e. The van der Waals surface area contributed by atoms with E-state index in [0.717, 1.165) is 34.9 Å². The zero-order valence-corrected chi connectivity index (χ0v) is 28.4. The summed E-state index contributed by atoms with van der Waals surface area (Å²) in [4.78, 5) is 2.40. The maximum absolute atomic E-state index is 2.40. The molecule has 0 bridgehead atoms. The van der Waals surface area contributed by atoms with E-state index >= 15 is 0 Å². The van der Waals surface area contributed by atoms with Gasteiger partial charge in [0.2, 0.25) is 0 Å². The molecular weight excluding hydrogens is 631 g/mol. The Morgan fingerprint density at radius 3 is 1.19 bits per heavy atom. The summed E-state index contributed by atoms with van der Waals surface area (Å²) in [6.45, 7) is 0. The first-order valence-corrected chi connectivity index (χ1v) is 18.0. The Kier molecular flexibility index (Phi) is 6.31. The first-order valence-electron chi connectivity index (χ1n) is 18.0. The molecule has 10 aromatic rings. The maximum Gasteiger partial charge on any atom is 0.0541 e. The highest BCUT2D eigenvalue weighted by molar-refractivity contribution is 6.10. The van der Waals surface area contributed by atoms with Crippen molar-refractivity contribution in [3.8, 4) is 22.5 Å². The smallest absolute Gasteiger partial charge is 0.0541 e. The molecule has 244 valence electrons. The average molecular weight is 664 g/mol. The Hall–Kier alpha value is -6.84. The predicted molar refractivity (Wildman–Crippen MR) is 218 cm³/mol. The molecule has 0 atom stereocenters. The summed E-state index contributed by atoms with van der Waals surface area (Å²) in [5.41, 5.74) is 15.9. The highest BCUT2D eigenvalue weighted by Crippen LogP contribution is 2.43. The van der Waals surface area contributed by atoms with Crippen LogP contribution in [0.1, 0.15) is 11.1 Å². The molecule has 1 aliphatic carbocycles. The third-order valence-electron chi connectivity index (χ3n) is 10.9. The van der Waals surface area contributed by atoms with Gasteiger partial charge in [-0.05, 0) is 114 Å². The van der Waals surface area contributed by atoms with Gasteiger partial charge in [0.25, 0.3) is 0 Å². The molecule has 0 radical (unpaired) electrons. The average Bonchev–Trinajstić information content (AvgIpc) is 3.86. The lowest BCUT2D eigenvalue weighted by atomic mass is 10.0. The zero-order chi connectivity index (χ0) is 34.2. The second-order valence-electron chi connectivity index (χ2n) is 13.8. The molecule has 0 N–H and O–H groups in total. The molecule has 0 unspecified atom stereocenters. The molecule has 8 aromatic carbocycles. The third-order valence-corrected chi connectivity index (χ3v) is 10.9. The van der Waals surface area contributed by atoms with Gasteiger partial charge in [0, 0.05) is 50.0 Å². The zero-order valence-electron chi connectivity index (χ0n) is 28.4. The Balaban J connectivity index is 1.06. The molecule has 3 heteroatoms. The molecule has 0 saturated heterocycles. The van der Waals surface area contributed by atoms with Gasteiger partial charge >= 0.3 is 0 Å². The minimum absolute atomic E-state index is 0.979. The standard InChI is InChI=1S/C49H33N3/c1-2-12-40-33(11-1)31-34-21-22-39(32-45(34)40)50(35-23-27-37(28-24-35)51-46-17-7-3-13-41(46)42-14-4-8-18-47(42)51)36-25-29-38(30-26-36)52-48-19-9-5-15-43(48)44-16-6-10-20-49(44)52/h1-30,32H,31H2. The van der Waals surface area contributed by atoms with Crippen molar-refractivity contribution in [3.63, 3.8) is 0 Å². The number of rotatable bonds is 5. The number of benzene rings is 8. The van der Waals surface area contributed by atoms with E-state index in [1.807, 2.05) is 0 Å². The lowest BCUT2D eigenvalue weighted by Crippen LogP contribution is -2.10. The molecule has 0 saturated carbocycles. The van der Waals surface area contributed by atoms with Gasteiger partial charge in [-0.25, -0.2) is 0 Å². The summed E-state index contributed by atoms with van der Waals surface area (Å²) in [6, 6.07) is 68.7. The van der Waals surface area contributed by atoms with Crippen LogP contribution >= 0.6 is 0 Å². The Morgan fingerprint density at radius 1 is 0.327 bits per heavy atom. The maximum atomic E-state index is 2.40. The van der Waals surface area contributed by atoms with Gasteiger partial charge in [-0.1, -0.05) is 103 Å². The summed E-state index contributed by atoms with van der Waals surface area (Å²) in [5.74, 6) is 0. The third kappa shape index (κ3) is 4.33. The molecular formula is C49H33N3. The van der Waals surface area contributed by atoms with E-state index in [1.165, 1.54) is 65.9 Å². The van der Waals surface area contributed by atoms with Crippen molar-refractivity contribution in [2.24, 2.45) is 0 Å². The predicted octanol–water partition coefficient (Wildman–Crippen LogP) is 12.9. The van der Waals surface area contributed by atoms with Crippen LogP contribution in [-0.4, -0.2) is 9.13 Å². The van der Waals surface area contributed by atoms with Gasteiger partial charge in [-0.15, -0.1) is 0 Å². The van der Waals surface area contributed by atoms with Crippen molar-refractivity contribution in [1.29, 1.82) is 0 Å². The van der Waals surface area contributed by atoms with Crippen LogP contribution in [0.4, 0.5) is 17.1 Å². The Morgan fingerprint density at radius 2 is 0.712 bits per heavy atom. The van der Waals surface area contributed by atoms with Gasteiger partial charge < -0.3 is 14.0 Å². The normalized spacial score (nSPS) is 12.2. The number of hydrogen-bond donors (Lipinski definition) is 0. The molecule has 52 heavy (non-hydrogen) atoms. The van der Waals surface area contributed by atoms with Crippen molar-refractivity contribution in [2.45, 2.75) is 6.42 Å². The fraction of sp³-hybridized carbons (Fsp3) is 0.0204. The monoisotopic (exact) mass is 663 g/mol. The van der Waals surface area contributed by atoms with E-state index in [-0.39, 0.29) is 0 Å². The molecule has 0 fully saturated rings. The molecule has 1 aliphatic rings. The summed E-state index contributed by atoms with van der Waals surface area (Å²) in [5, 5.41) is 5.08. The van der Waals surface area contributed by atoms with Crippen molar-refractivity contribution >= 4 is 60.7 Å². The highest BCUT2D eigenvalue weighted by Gasteiger charge is 2.22. The quantitative estimate of drug-likeness (QED) is 0.179. The number of anilines is 3. The number of hydrogen-bond acceptors (Lipinski definition) is 1. The topological polar surface area (TPSA) is 13.1 Å². The minimum Gasteiger partial charge on any atom is -0.310 e. The van der Waals surface area contributed by atoms with Crippen LogP contribution < -0.4 is 4.90 Å². The summed E-state index contributed by atoms with van der Waals surface area (Å²) in [6.07, 6.45) is 0.979. The van der Waals surface area contributed by atoms with Crippen molar-refractivity contribution in [2.75, 3.05) is 4.90 Å². The first-order chi connectivity index (χ1) is 25.8. The van der Waals surface area contributed by atoms with E-state index < -0.39 is 0 Å². The van der Waals surface area contributed by atoms with Gasteiger partial charge in [-0.2, -0.15) is 0 Å². The van der Waals surface area contributed by atoms with Crippen LogP contribution in [0, 0.1) is 0 Å². The lowest BCUT2D eigenvalue weighted by Gasteiger charge is -2.27. The SMILES string of the molecule is c1ccc2c(c1)Cc1ccc(N(c3ccc(-n4c5ccccc5c5ccccc54)cc3)c3ccc(-n4c5ccccc5c5ccccc54)cc3)cc1-2. The van der Waals surface area contributed by atoms with Crippen LogP contribution in [0.15, 0.2) is 188 Å². The molecule has 0 aliphatic heterocycles. The highest BCUT2D eigenvalue weighted by atomic mass is 15.1. The fourth-order valence-electron chi connectivity index (χ4n) is 8.60. The lowest BCUT2D eigenvalue weighted by molar-refractivity contribution is 1.17. The van der Waals surface area contributed by atoms with E-state index in [2.05, 4.69) is 202 Å². The van der Waals surface area contributed by atoms with Crippen LogP contribution in [0.2, 0.25) is 0 Å². The minimum atomic E-state index is 0.979. The van der Waals surface area contributed by atoms with E-state index in [0.29, 0.717) is 0 Å². The second-order valence-corrected chi connectivity index (χ2v) is 13.8. The van der Waals surface area contributed by atoms with Crippen LogP contribution in [0.5, 0.6) is 0 Å². The van der Waals surface area contributed by atoms with Crippen LogP contribution in [0.25, 0.3) is 66.1 Å². The molecule has 2 aromatic heterocycles. The molecule has 0 spiro atoms. The molecule has 11 rings (SSSR count). The number of aromatic nitrogens is 2. The van der Waals surface area contributed by atoms with E-state index in [9.17, 15) is 0 Å². The van der Waals surface area contributed by atoms with Crippen molar-refractivity contribution in [1.82, 2.24) is 9.13 Å². The molecule has 0 amide bonds. The summed E-state index contributed by atoms with van der Waals surface area (Å²) in [7, 11) is 0. The second kappa shape index (κ2) is 11.3. The van der Waals surface area contributed by atoms with E-state index in [1.54, 1.807) is 0 Å².